The summed E-state index contributed by atoms with van der Waals surface area (Å²) in [6, 6.07) is 6.88. The van der Waals surface area contributed by atoms with Crippen molar-refractivity contribution in [2.75, 3.05) is 4.72 Å². The van der Waals surface area contributed by atoms with Gasteiger partial charge in [0.15, 0.2) is 11.6 Å². The number of rotatable bonds is 4. The number of sulfonamides is 1. The average molecular weight is 312 g/mol. The fraction of sp³-hybridized carbons (Fsp3) is 0. The third kappa shape index (κ3) is 3.34. The monoisotopic (exact) mass is 312 g/mol. The van der Waals surface area contributed by atoms with Gasteiger partial charge in [-0.1, -0.05) is 12.1 Å². The van der Waals surface area contributed by atoms with Crippen LogP contribution in [0.5, 0.6) is 0 Å². The Hall–Kier alpha value is -2.48. The number of anilines is 1. The van der Waals surface area contributed by atoms with Crippen molar-refractivity contribution in [2.24, 2.45) is 0 Å². The normalized spacial score (nSPS) is 11.1. The van der Waals surface area contributed by atoms with E-state index >= 15 is 0 Å². The first kappa shape index (κ1) is 14.9. The van der Waals surface area contributed by atoms with Gasteiger partial charge in [-0.2, -0.15) is 0 Å². The molecule has 0 unspecified atom stereocenters. The molecule has 5 nitrogen and oxygen atoms in total. The van der Waals surface area contributed by atoms with Crippen LogP contribution in [-0.2, 0) is 10.0 Å². The Morgan fingerprint density at radius 1 is 1.00 bits per heavy atom. The molecule has 0 aromatic heterocycles. The largest absolute Gasteiger partial charge is 0.545 e. The molecule has 0 spiro atoms. The second kappa shape index (κ2) is 5.49. The molecule has 2 aromatic rings. The van der Waals surface area contributed by atoms with Crippen molar-refractivity contribution < 1.29 is 27.1 Å². The Labute approximate surface area is 118 Å². The van der Waals surface area contributed by atoms with Gasteiger partial charge < -0.3 is 9.90 Å². The van der Waals surface area contributed by atoms with Crippen LogP contribution in [0.4, 0.5) is 14.5 Å². The van der Waals surface area contributed by atoms with E-state index in [9.17, 15) is 27.1 Å². The number of halogens is 2. The number of carbonyl (C=O) groups excluding carboxylic acids is 1. The molecule has 0 atom stereocenters. The molecule has 2 aromatic carbocycles. The van der Waals surface area contributed by atoms with Gasteiger partial charge in [0.1, 0.15) is 0 Å². The van der Waals surface area contributed by atoms with E-state index in [0.717, 1.165) is 18.2 Å². The van der Waals surface area contributed by atoms with E-state index in [4.69, 9.17) is 0 Å². The minimum atomic E-state index is -4.11. The average Bonchev–Trinajstić information content (AvgIpc) is 2.42. The highest BCUT2D eigenvalue weighted by atomic mass is 32.2. The van der Waals surface area contributed by atoms with Crippen molar-refractivity contribution in [1.82, 2.24) is 0 Å². The predicted molar refractivity (Wildman–Crippen MR) is 67.9 cm³/mol. The quantitative estimate of drug-likeness (QED) is 0.917. The summed E-state index contributed by atoms with van der Waals surface area (Å²) < 4.78 is 51.9. The molecule has 110 valence electrons. The molecule has 21 heavy (non-hydrogen) atoms. The zero-order valence-electron chi connectivity index (χ0n) is 10.3. The van der Waals surface area contributed by atoms with Crippen molar-refractivity contribution in [1.29, 1.82) is 0 Å². The van der Waals surface area contributed by atoms with Crippen molar-refractivity contribution in [3.63, 3.8) is 0 Å². The van der Waals surface area contributed by atoms with Gasteiger partial charge in [-0.3, -0.25) is 4.72 Å². The van der Waals surface area contributed by atoms with Gasteiger partial charge in [-0.15, -0.1) is 0 Å². The minimum absolute atomic E-state index is 0.0738. The van der Waals surface area contributed by atoms with Crippen LogP contribution in [0.2, 0.25) is 0 Å². The first-order chi connectivity index (χ1) is 9.79. The van der Waals surface area contributed by atoms with E-state index in [1.807, 2.05) is 0 Å². The highest BCUT2D eigenvalue weighted by molar-refractivity contribution is 7.92. The number of carboxylic acids is 1. The minimum Gasteiger partial charge on any atom is -0.545 e. The van der Waals surface area contributed by atoms with Gasteiger partial charge in [-0.05, 0) is 35.9 Å². The molecular formula is C13H8F2NO4S-. The molecule has 0 bridgehead atoms. The van der Waals surface area contributed by atoms with E-state index in [2.05, 4.69) is 4.72 Å². The number of aromatic carboxylic acids is 1. The highest BCUT2D eigenvalue weighted by Crippen LogP contribution is 2.18. The van der Waals surface area contributed by atoms with E-state index < -0.39 is 32.5 Å². The molecule has 2 rings (SSSR count). The molecule has 0 saturated heterocycles. The van der Waals surface area contributed by atoms with Crippen LogP contribution in [-0.4, -0.2) is 14.4 Å². The van der Waals surface area contributed by atoms with E-state index in [-0.39, 0.29) is 11.3 Å². The number of carbonyl (C=O) groups is 1. The predicted octanol–water partition coefficient (Wildman–Crippen LogP) is 1.13. The van der Waals surface area contributed by atoms with Crippen LogP contribution in [0.25, 0.3) is 0 Å². The highest BCUT2D eigenvalue weighted by Gasteiger charge is 2.16. The van der Waals surface area contributed by atoms with Crippen LogP contribution < -0.4 is 9.83 Å². The van der Waals surface area contributed by atoms with Gasteiger partial charge in [0.25, 0.3) is 10.0 Å². The first-order valence-corrected chi connectivity index (χ1v) is 7.07. The molecule has 0 saturated carbocycles. The summed E-state index contributed by atoms with van der Waals surface area (Å²) in [5.41, 5.74) is -0.0458. The second-order valence-electron chi connectivity index (χ2n) is 4.05. The van der Waals surface area contributed by atoms with Gasteiger partial charge in [0, 0.05) is 5.69 Å². The lowest BCUT2D eigenvalue weighted by Crippen LogP contribution is -2.22. The Morgan fingerprint density at radius 2 is 1.62 bits per heavy atom. The van der Waals surface area contributed by atoms with Crippen molar-refractivity contribution >= 4 is 21.7 Å². The van der Waals surface area contributed by atoms with Crippen LogP contribution in [0.3, 0.4) is 0 Å². The van der Waals surface area contributed by atoms with E-state index in [1.165, 1.54) is 12.1 Å². The lowest BCUT2D eigenvalue weighted by Gasteiger charge is -2.09. The van der Waals surface area contributed by atoms with E-state index in [1.54, 1.807) is 0 Å². The number of nitrogens with one attached hydrogen (secondary N) is 1. The number of hydrogen-bond donors (Lipinski definition) is 1. The number of hydrogen-bond acceptors (Lipinski definition) is 4. The molecule has 0 heterocycles. The number of carboxylic acid groups (broad SMARTS) is 1. The summed E-state index contributed by atoms with van der Waals surface area (Å²) in [6.45, 7) is 0. The van der Waals surface area contributed by atoms with Crippen molar-refractivity contribution in [3.8, 4) is 0 Å². The summed E-state index contributed by atoms with van der Waals surface area (Å²) in [6.07, 6.45) is 0. The standard InChI is InChI=1S/C13H9F2NO4S/c14-11-6-5-10(7-12(11)15)21(19,20)16-9-3-1-8(2-4-9)13(17)18/h1-7,16H,(H,17,18)/p-1. The Bertz CT molecular complexity index is 788. The summed E-state index contributed by atoms with van der Waals surface area (Å²) in [7, 11) is -4.11. The number of benzene rings is 2. The van der Waals surface area contributed by atoms with Crippen LogP contribution in [0, 0.1) is 11.6 Å². The Morgan fingerprint density at radius 3 is 2.14 bits per heavy atom. The fourth-order valence-electron chi connectivity index (χ4n) is 1.53. The SMILES string of the molecule is O=C([O-])c1ccc(NS(=O)(=O)c2ccc(F)c(F)c2)cc1. The summed E-state index contributed by atoms with van der Waals surface area (Å²) in [4.78, 5) is 10.1. The lowest BCUT2D eigenvalue weighted by atomic mass is 10.2. The third-order valence-corrected chi connectivity index (χ3v) is 3.95. The summed E-state index contributed by atoms with van der Waals surface area (Å²) in [5.74, 6) is -3.84. The van der Waals surface area contributed by atoms with Crippen LogP contribution in [0.15, 0.2) is 47.4 Å². The maximum absolute atomic E-state index is 13.1. The van der Waals surface area contributed by atoms with E-state index in [0.29, 0.717) is 12.1 Å². The van der Waals surface area contributed by atoms with Gasteiger partial charge in [0.05, 0.1) is 10.9 Å². The van der Waals surface area contributed by atoms with Gasteiger partial charge in [-0.25, -0.2) is 17.2 Å². The second-order valence-corrected chi connectivity index (χ2v) is 5.73. The van der Waals surface area contributed by atoms with Crippen molar-refractivity contribution in [3.05, 3.63) is 59.7 Å². The smallest absolute Gasteiger partial charge is 0.261 e. The molecule has 0 amide bonds. The molecule has 8 heteroatoms. The van der Waals surface area contributed by atoms with Gasteiger partial charge >= 0.3 is 0 Å². The Balaban J connectivity index is 2.28. The molecule has 0 aliphatic heterocycles. The molecule has 0 aliphatic carbocycles. The third-order valence-electron chi connectivity index (χ3n) is 2.57. The first-order valence-electron chi connectivity index (χ1n) is 5.59. The van der Waals surface area contributed by atoms with Crippen molar-refractivity contribution in [2.45, 2.75) is 4.90 Å². The molecule has 0 radical (unpaired) electrons. The topological polar surface area (TPSA) is 86.3 Å². The molecular weight excluding hydrogens is 304 g/mol. The van der Waals surface area contributed by atoms with Crippen LogP contribution >= 0.6 is 0 Å². The Kier molecular flexibility index (Phi) is 3.90. The maximum Gasteiger partial charge on any atom is 0.261 e. The van der Waals surface area contributed by atoms with Gasteiger partial charge in [0.2, 0.25) is 0 Å². The molecule has 1 N–H and O–H groups in total. The zero-order chi connectivity index (χ0) is 15.6. The molecule has 0 aliphatic rings. The zero-order valence-corrected chi connectivity index (χ0v) is 11.2. The fourth-order valence-corrected chi connectivity index (χ4v) is 2.60. The van der Waals surface area contributed by atoms with Crippen LogP contribution in [0.1, 0.15) is 10.4 Å². The molecule has 0 fully saturated rings. The maximum atomic E-state index is 13.1. The summed E-state index contributed by atoms with van der Waals surface area (Å²) >= 11 is 0. The lowest BCUT2D eigenvalue weighted by molar-refractivity contribution is -0.255. The summed E-state index contributed by atoms with van der Waals surface area (Å²) in [5, 5.41) is 10.6.